The summed E-state index contributed by atoms with van der Waals surface area (Å²) in [5.41, 5.74) is 6.46. The molecule has 0 saturated heterocycles. The Morgan fingerprint density at radius 1 is 1.29 bits per heavy atom. The molecule has 5 heteroatoms. The molecule has 0 spiro atoms. The number of carbonyl (C=O) groups excluding carboxylic acids is 2. The summed E-state index contributed by atoms with van der Waals surface area (Å²) in [6.07, 6.45) is 0.693. The number of hydrogen-bond donors (Lipinski definition) is 3. The first-order chi connectivity index (χ1) is 9.77. The first-order valence-corrected chi connectivity index (χ1v) is 7.05. The summed E-state index contributed by atoms with van der Waals surface area (Å²) in [5.74, 6) is -0.811. The van der Waals surface area contributed by atoms with Crippen molar-refractivity contribution >= 4 is 11.8 Å². The average Bonchev–Trinajstić information content (AvgIpc) is 2.46. The molecule has 1 rings (SSSR count). The highest BCUT2D eigenvalue weighted by Gasteiger charge is 2.25. The lowest BCUT2D eigenvalue weighted by Crippen LogP contribution is -2.40. The van der Waals surface area contributed by atoms with Crippen LogP contribution < -0.4 is 11.1 Å². The molecule has 116 valence electrons. The molecule has 1 aromatic carbocycles. The molecule has 0 aliphatic rings. The molecule has 0 heterocycles. The number of nitrogens with one attached hydrogen (secondary N) is 1. The summed E-state index contributed by atoms with van der Waals surface area (Å²) in [7, 11) is 0. The monoisotopic (exact) mass is 292 g/mol. The van der Waals surface area contributed by atoms with Crippen LogP contribution in [0.2, 0.25) is 0 Å². The van der Waals surface area contributed by atoms with Crippen molar-refractivity contribution in [3.63, 3.8) is 0 Å². The van der Waals surface area contributed by atoms with E-state index in [1.54, 1.807) is 20.8 Å². The third-order valence-corrected chi connectivity index (χ3v) is 3.62. The number of benzene rings is 1. The second-order valence-electron chi connectivity index (χ2n) is 5.91. The van der Waals surface area contributed by atoms with Crippen LogP contribution in [-0.2, 0) is 16.0 Å². The van der Waals surface area contributed by atoms with Gasteiger partial charge < -0.3 is 16.2 Å². The number of amides is 2. The molecule has 4 N–H and O–H groups in total. The molecule has 0 radical (unpaired) electrons. The molecular formula is C16H24N2O3. The normalized spacial score (nSPS) is 12.8. The minimum atomic E-state index is -0.763. The van der Waals surface area contributed by atoms with Crippen LogP contribution in [0.3, 0.4) is 0 Å². The van der Waals surface area contributed by atoms with Crippen molar-refractivity contribution in [2.45, 2.75) is 33.1 Å². The Labute approximate surface area is 125 Å². The van der Waals surface area contributed by atoms with Crippen LogP contribution in [0.25, 0.3) is 0 Å². The van der Waals surface area contributed by atoms with Gasteiger partial charge in [-0.3, -0.25) is 9.59 Å². The summed E-state index contributed by atoms with van der Waals surface area (Å²) < 4.78 is 0. The van der Waals surface area contributed by atoms with E-state index in [-0.39, 0.29) is 24.3 Å². The quantitative estimate of drug-likeness (QED) is 0.698. The number of aliphatic hydroxyl groups excluding tert-OH is 1. The van der Waals surface area contributed by atoms with Gasteiger partial charge in [0.05, 0.1) is 17.9 Å². The van der Waals surface area contributed by atoms with Crippen LogP contribution in [-0.4, -0.2) is 30.1 Å². The maximum Gasteiger partial charge on any atom is 0.227 e. The molecular weight excluding hydrogens is 268 g/mol. The number of nitrogens with two attached hydrogens (primary N) is 1. The minimum absolute atomic E-state index is 0.163. The molecule has 5 nitrogen and oxygen atoms in total. The molecule has 0 fully saturated rings. The fourth-order valence-electron chi connectivity index (χ4n) is 1.77. The van der Waals surface area contributed by atoms with Gasteiger partial charge in [0.15, 0.2) is 0 Å². The molecule has 1 aromatic rings. The molecule has 0 aliphatic heterocycles. The van der Waals surface area contributed by atoms with Crippen molar-refractivity contribution in [3.05, 3.63) is 35.4 Å². The maximum absolute atomic E-state index is 11.8. The van der Waals surface area contributed by atoms with Gasteiger partial charge in [0.2, 0.25) is 11.8 Å². The predicted molar refractivity (Wildman–Crippen MR) is 81.6 cm³/mol. The molecule has 2 amide bonds. The van der Waals surface area contributed by atoms with Crippen molar-refractivity contribution in [2.75, 3.05) is 13.2 Å². The summed E-state index contributed by atoms with van der Waals surface area (Å²) in [5, 5.41) is 11.9. The van der Waals surface area contributed by atoms with E-state index in [0.717, 1.165) is 11.1 Å². The zero-order chi connectivity index (χ0) is 16.0. The highest BCUT2D eigenvalue weighted by atomic mass is 16.3. The van der Waals surface area contributed by atoms with E-state index in [4.69, 9.17) is 10.8 Å². The first-order valence-electron chi connectivity index (χ1n) is 7.05. The minimum Gasteiger partial charge on any atom is -0.395 e. The fourth-order valence-corrected chi connectivity index (χ4v) is 1.77. The van der Waals surface area contributed by atoms with Gasteiger partial charge in [0.25, 0.3) is 0 Å². The highest BCUT2D eigenvalue weighted by molar-refractivity contribution is 5.82. The molecule has 1 atom stereocenters. The van der Waals surface area contributed by atoms with Crippen LogP contribution in [0.4, 0.5) is 0 Å². The van der Waals surface area contributed by atoms with Gasteiger partial charge in [-0.25, -0.2) is 0 Å². The van der Waals surface area contributed by atoms with Gasteiger partial charge in [-0.1, -0.05) is 24.3 Å². The lowest BCUT2D eigenvalue weighted by Gasteiger charge is -2.20. The Morgan fingerprint density at radius 3 is 2.33 bits per heavy atom. The SMILES string of the molecule is C[C@H](C(N)=O)c1ccc(CCNC(=O)C(C)(C)CO)cc1. The van der Waals surface area contributed by atoms with Gasteiger partial charge in [0, 0.05) is 6.54 Å². The van der Waals surface area contributed by atoms with Crippen molar-refractivity contribution in [1.29, 1.82) is 0 Å². The number of rotatable bonds is 7. The largest absolute Gasteiger partial charge is 0.395 e. The Hall–Kier alpha value is -1.88. The highest BCUT2D eigenvalue weighted by Crippen LogP contribution is 2.16. The van der Waals surface area contributed by atoms with Crippen LogP contribution in [0.5, 0.6) is 0 Å². The lowest BCUT2D eigenvalue weighted by molar-refractivity contribution is -0.131. The van der Waals surface area contributed by atoms with Crippen LogP contribution in [0, 0.1) is 5.41 Å². The standard InChI is InChI=1S/C16H24N2O3/c1-11(14(17)20)13-6-4-12(5-7-13)8-9-18-15(21)16(2,3)10-19/h4-7,11,19H,8-10H2,1-3H3,(H2,17,20)(H,18,21)/t11-/m0/s1. The third-order valence-electron chi connectivity index (χ3n) is 3.62. The number of hydrogen-bond acceptors (Lipinski definition) is 3. The van der Waals surface area contributed by atoms with E-state index < -0.39 is 5.41 Å². The maximum atomic E-state index is 11.8. The molecule has 0 unspecified atom stereocenters. The summed E-state index contributed by atoms with van der Waals surface area (Å²) in [6.45, 7) is 5.49. The van der Waals surface area contributed by atoms with Gasteiger partial charge >= 0.3 is 0 Å². The zero-order valence-electron chi connectivity index (χ0n) is 12.8. The number of carbonyl (C=O) groups is 2. The topological polar surface area (TPSA) is 92.4 Å². The molecule has 0 bridgehead atoms. The lowest BCUT2D eigenvalue weighted by atomic mass is 9.93. The summed E-state index contributed by atoms with van der Waals surface area (Å²) in [6, 6.07) is 7.62. The average molecular weight is 292 g/mol. The van der Waals surface area contributed by atoms with Crippen LogP contribution in [0.15, 0.2) is 24.3 Å². The predicted octanol–water partition coefficient (Wildman–Crippen LogP) is 0.953. The number of aliphatic hydroxyl groups is 1. The summed E-state index contributed by atoms with van der Waals surface area (Å²) in [4.78, 5) is 22.9. The van der Waals surface area contributed by atoms with Gasteiger partial charge in [0.1, 0.15) is 0 Å². The van der Waals surface area contributed by atoms with E-state index in [2.05, 4.69) is 5.32 Å². The van der Waals surface area contributed by atoms with E-state index in [1.165, 1.54) is 0 Å². The first kappa shape index (κ1) is 17.2. The van der Waals surface area contributed by atoms with Crippen molar-refractivity contribution in [1.82, 2.24) is 5.32 Å². The van der Waals surface area contributed by atoms with E-state index >= 15 is 0 Å². The Morgan fingerprint density at radius 2 is 1.86 bits per heavy atom. The summed E-state index contributed by atoms with van der Waals surface area (Å²) >= 11 is 0. The van der Waals surface area contributed by atoms with E-state index in [9.17, 15) is 9.59 Å². The Kier molecular flexibility index (Phi) is 5.90. The fraction of sp³-hybridized carbons (Fsp3) is 0.500. The Bertz CT molecular complexity index is 495. The van der Waals surface area contributed by atoms with Gasteiger partial charge in [-0.2, -0.15) is 0 Å². The second kappa shape index (κ2) is 7.22. The molecule has 0 saturated carbocycles. The molecule has 21 heavy (non-hydrogen) atoms. The van der Waals surface area contributed by atoms with E-state index in [0.29, 0.717) is 13.0 Å². The second-order valence-corrected chi connectivity index (χ2v) is 5.91. The van der Waals surface area contributed by atoms with Crippen molar-refractivity contribution in [3.8, 4) is 0 Å². The zero-order valence-corrected chi connectivity index (χ0v) is 12.8. The van der Waals surface area contributed by atoms with Crippen LogP contribution >= 0.6 is 0 Å². The number of primary amides is 1. The molecule has 0 aromatic heterocycles. The van der Waals surface area contributed by atoms with Gasteiger partial charge in [-0.05, 0) is 38.3 Å². The van der Waals surface area contributed by atoms with Crippen LogP contribution in [0.1, 0.15) is 37.8 Å². The Balaban J connectivity index is 2.51. The van der Waals surface area contributed by atoms with Gasteiger partial charge in [-0.15, -0.1) is 0 Å². The molecule has 0 aliphatic carbocycles. The smallest absolute Gasteiger partial charge is 0.227 e. The van der Waals surface area contributed by atoms with Crippen molar-refractivity contribution < 1.29 is 14.7 Å². The van der Waals surface area contributed by atoms with E-state index in [1.807, 2.05) is 24.3 Å². The third kappa shape index (κ3) is 4.86. The van der Waals surface area contributed by atoms with Crippen molar-refractivity contribution in [2.24, 2.45) is 11.1 Å².